The number of esters is 1. The first-order chi connectivity index (χ1) is 10.3. The SMILES string of the molecule is CC.COC(=O)C1CC(OC/C=C/c2ccccc2)CN1. The van der Waals surface area contributed by atoms with Crippen molar-refractivity contribution in [1.82, 2.24) is 5.32 Å². The molecular formula is C17H25NO3. The quantitative estimate of drug-likeness (QED) is 0.847. The summed E-state index contributed by atoms with van der Waals surface area (Å²) in [6, 6.07) is 9.85. The first-order valence-electron chi connectivity index (χ1n) is 7.44. The number of rotatable bonds is 5. The Hall–Kier alpha value is -1.65. The van der Waals surface area contributed by atoms with Crippen LogP contribution in [0.5, 0.6) is 0 Å². The number of carbonyl (C=O) groups is 1. The lowest BCUT2D eigenvalue weighted by Crippen LogP contribution is -2.31. The van der Waals surface area contributed by atoms with Crippen molar-refractivity contribution in [1.29, 1.82) is 0 Å². The molecule has 4 nitrogen and oxygen atoms in total. The average Bonchev–Trinajstić information content (AvgIpc) is 3.03. The molecule has 0 bridgehead atoms. The van der Waals surface area contributed by atoms with E-state index in [2.05, 4.69) is 5.32 Å². The molecule has 0 aliphatic carbocycles. The lowest BCUT2D eigenvalue weighted by molar-refractivity contribution is -0.142. The van der Waals surface area contributed by atoms with E-state index in [1.807, 2.05) is 56.3 Å². The summed E-state index contributed by atoms with van der Waals surface area (Å²) >= 11 is 0. The summed E-state index contributed by atoms with van der Waals surface area (Å²) in [5.74, 6) is -0.217. The van der Waals surface area contributed by atoms with Gasteiger partial charge in [0.15, 0.2) is 0 Å². The Balaban J connectivity index is 0.00000106. The maximum absolute atomic E-state index is 11.3. The van der Waals surface area contributed by atoms with Crippen molar-refractivity contribution in [2.75, 3.05) is 20.3 Å². The Bertz CT molecular complexity index is 431. The second-order valence-corrected chi connectivity index (χ2v) is 4.49. The van der Waals surface area contributed by atoms with E-state index >= 15 is 0 Å². The van der Waals surface area contributed by atoms with Crippen LogP contribution in [0.4, 0.5) is 0 Å². The number of ether oxygens (including phenoxy) is 2. The predicted octanol–water partition coefficient (Wildman–Crippen LogP) is 2.65. The van der Waals surface area contributed by atoms with Crippen LogP contribution in [-0.2, 0) is 14.3 Å². The number of nitrogens with one attached hydrogen (secondary N) is 1. The number of hydrogen-bond donors (Lipinski definition) is 1. The minimum absolute atomic E-state index is 0.0736. The number of benzene rings is 1. The molecule has 0 radical (unpaired) electrons. The van der Waals surface area contributed by atoms with Crippen LogP contribution in [0, 0.1) is 0 Å². The highest BCUT2D eigenvalue weighted by molar-refractivity contribution is 5.76. The average molecular weight is 291 g/mol. The van der Waals surface area contributed by atoms with Gasteiger partial charge in [-0.2, -0.15) is 0 Å². The highest BCUT2D eigenvalue weighted by atomic mass is 16.5. The van der Waals surface area contributed by atoms with Gasteiger partial charge < -0.3 is 14.8 Å². The molecule has 2 rings (SSSR count). The Morgan fingerprint density at radius 2 is 2.05 bits per heavy atom. The molecule has 2 atom stereocenters. The second-order valence-electron chi connectivity index (χ2n) is 4.49. The Morgan fingerprint density at radius 1 is 1.33 bits per heavy atom. The third-order valence-corrected chi connectivity index (χ3v) is 3.11. The molecule has 1 saturated heterocycles. The van der Waals surface area contributed by atoms with Crippen LogP contribution in [0.3, 0.4) is 0 Å². The topological polar surface area (TPSA) is 47.6 Å². The smallest absolute Gasteiger partial charge is 0.322 e. The maximum atomic E-state index is 11.3. The second kappa shape index (κ2) is 10.1. The van der Waals surface area contributed by atoms with Gasteiger partial charge in [0.1, 0.15) is 6.04 Å². The maximum Gasteiger partial charge on any atom is 0.322 e. The van der Waals surface area contributed by atoms with E-state index < -0.39 is 0 Å². The van der Waals surface area contributed by atoms with Crippen LogP contribution in [0.15, 0.2) is 36.4 Å². The van der Waals surface area contributed by atoms with Gasteiger partial charge in [-0.05, 0) is 5.56 Å². The van der Waals surface area contributed by atoms with E-state index in [4.69, 9.17) is 9.47 Å². The van der Waals surface area contributed by atoms with Crippen LogP contribution < -0.4 is 5.32 Å². The number of methoxy groups -OCH3 is 1. The first kappa shape index (κ1) is 17.4. The first-order valence-corrected chi connectivity index (χ1v) is 7.44. The van der Waals surface area contributed by atoms with E-state index in [0.29, 0.717) is 19.6 Å². The van der Waals surface area contributed by atoms with Gasteiger partial charge in [0, 0.05) is 13.0 Å². The zero-order valence-corrected chi connectivity index (χ0v) is 13.0. The van der Waals surface area contributed by atoms with Crippen LogP contribution in [0.25, 0.3) is 6.08 Å². The molecule has 0 spiro atoms. The summed E-state index contributed by atoms with van der Waals surface area (Å²) in [4.78, 5) is 11.3. The normalized spacial score (nSPS) is 20.9. The van der Waals surface area contributed by atoms with Crippen molar-refractivity contribution in [3.63, 3.8) is 0 Å². The minimum atomic E-state index is -0.229. The largest absolute Gasteiger partial charge is 0.468 e. The van der Waals surface area contributed by atoms with E-state index in [9.17, 15) is 4.79 Å². The molecule has 1 N–H and O–H groups in total. The van der Waals surface area contributed by atoms with E-state index in [0.717, 1.165) is 5.56 Å². The molecule has 1 aromatic carbocycles. The van der Waals surface area contributed by atoms with Gasteiger partial charge >= 0.3 is 5.97 Å². The molecule has 0 amide bonds. The number of carbonyl (C=O) groups excluding carboxylic acids is 1. The molecule has 1 aliphatic heterocycles. The molecule has 2 unspecified atom stereocenters. The van der Waals surface area contributed by atoms with E-state index in [1.54, 1.807) is 0 Å². The van der Waals surface area contributed by atoms with Crippen molar-refractivity contribution in [2.45, 2.75) is 32.4 Å². The Morgan fingerprint density at radius 3 is 2.71 bits per heavy atom. The van der Waals surface area contributed by atoms with E-state index in [-0.39, 0.29) is 18.1 Å². The molecule has 116 valence electrons. The fraction of sp³-hybridized carbons (Fsp3) is 0.471. The summed E-state index contributed by atoms with van der Waals surface area (Å²) in [6.45, 7) is 5.24. The van der Waals surface area contributed by atoms with Crippen LogP contribution in [0.2, 0.25) is 0 Å². The van der Waals surface area contributed by atoms with Crippen molar-refractivity contribution < 1.29 is 14.3 Å². The highest BCUT2D eigenvalue weighted by Crippen LogP contribution is 2.11. The molecular weight excluding hydrogens is 266 g/mol. The molecule has 1 heterocycles. The van der Waals surface area contributed by atoms with Crippen molar-refractivity contribution in [3.8, 4) is 0 Å². The Labute approximate surface area is 127 Å². The summed E-state index contributed by atoms with van der Waals surface area (Å²) in [5.41, 5.74) is 1.16. The van der Waals surface area contributed by atoms with Gasteiger partial charge in [0.25, 0.3) is 0 Å². The molecule has 0 saturated carbocycles. The summed E-state index contributed by atoms with van der Waals surface area (Å²) in [5, 5.41) is 3.09. The van der Waals surface area contributed by atoms with Gasteiger partial charge in [-0.3, -0.25) is 4.79 Å². The molecule has 1 aliphatic rings. The summed E-state index contributed by atoms with van der Waals surface area (Å²) < 4.78 is 10.4. The summed E-state index contributed by atoms with van der Waals surface area (Å²) in [6.07, 6.45) is 4.76. The van der Waals surface area contributed by atoms with Crippen molar-refractivity contribution in [2.24, 2.45) is 0 Å². The van der Waals surface area contributed by atoms with Gasteiger partial charge in [-0.15, -0.1) is 0 Å². The van der Waals surface area contributed by atoms with Crippen molar-refractivity contribution in [3.05, 3.63) is 42.0 Å². The van der Waals surface area contributed by atoms with Gasteiger partial charge in [-0.25, -0.2) is 0 Å². The number of hydrogen-bond acceptors (Lipinski definition) is 4. The highest BCUT2D eigenvalue weighted by Gasteiger charge is 2.30. The molecule has 1 fully saturated rings. The zero-order valence-electron chi connectivity index (χ0n) is 13.0. The van der Waals surface area contributed by atoms with Gasteiger partial charge in [-0.1, -0.05) is 56.3 Å². The standard InChI is InChI=1S/C15H19NO3.C2H6/c1-18-15(17)14-10-13(11-16-14)19-9-5-8-12-6-3-2-4-7-12;1-2/h2-8,13-14,16H,9-11H2,1H3;1-2H3/b8-5+;. The third kappa shape index (κ3) is 6.10. The van der Waals surface area contributed by atoms with Crippen molar-refractivity contribution >= 4 is 12.0 Å². The predicted molar refractivity (Wildman–Crippen MR) is 85.0 cm³/mol. The fourth-order valence-corrected chi connectivity index (χ4v) is 2.09. The zero-order chi connectivity index (χ0) is 15.5. The third-order valence-electron chi connectivity index (χ3n) is 3.11. The monoisotopic (exact) mass is 291 g/mol. The van der Waals surface area contributed by atoms with Crippen LogP contribution >= 0.6 is 0 Å². The van der Waals surface area contributed by atoms with Crippen LogP contribution in [-0.4, -0.2) is 38.4 Å². The minimum Gasteiger partial charge on any atom is -0.468 e. The summed E-state index contributed by atoms with van der Waals surface area (Å²) in [7, 11) is 1.40. The van der Waals surface area contributed by atoms with Gasteiger partial charge in [0.2, 0.25) is 0 Å². The Kier molecular flexibility index (Phi) is 8.40. The lowest BCUT2D eigenvalue weighted by Gasteiger charge is -2.08. The molecule has 0 aromatic heterocycles. The molecule has 21 heavy (non-hydrogen) atoms. The van der Waals surface area contributed by atoms with E-state index in [1.165, 1.54) is 7.11 Å². The van der Waals surface area contributed by atoms with Gasteiger partial charge in [0.05, 0.1) is 19.8 Å². The molecule has 4 heteroatoms. The lowest BCUT2D eigenvalue weighted by atomic mass is 10.2. The van der Waals surface area contributed by atoms with Crippen LogP contribution in [0.1, 0.15) is 25.8 Å². The fourth-order valence-electron chi connectivity index (χ4n) is 2.09. The molecule has 1 aromatic rings.